The van der Waals surface area contributed by atoms with Crippen LogP contribution in [0.25, 0.3) is 12.2 Å². The lowest BCUT2D eigenvalue weighted by atomic mass is 10.0. The second kappa shape index (κ2) is 10.3. The Kier molecular flexibility index (Phi) is 7.76. The molecule has 4 nitrogen and oxygen atoms in total. The monoisotopic (exact) mass is 378 g/mol. The molecule has 2 aromatic rings. The molecule has 28 heavy (non-hydrogen) atoms. The van der Waals surface area contributed by atoms with Gasteiger partial charge in [0.15, 0.2) is 12.6 Å². The Morgan fingerprint density at radius 3 is 1.43 bits per heavy atom. The molecule has 0 unspecified atom stereocenters. The van der Waals surface area contributed by atoms with Crippen molar-refractivity contribution in [2.75, 3.05) is 0 Å². The molecule has 0 radical (unpaired) electrons. The maximum absolute atomic E-state index is 11.7. The van der Waals surface area contributed by atoms with Gasteiger partial charge in [-0.15, -0.1) is 0 Å². The minimum atomic E-state index is 0.0514. The van der Waals surface area contributed by atoms with Gasteiger partial charge in [-0.3, -0.25) is 9.59 Å². The standard InChI is InChI=1S/C24H26O4/c1-17(2)27-23-9-5-7-19(13-23)11-21(15-25)22(16-26)12-20-8-6-10-24(14-20)28-18(3)4/h5-18H,1-4H3. The lowest BCUT2D eigenvalue weighted by Gasteiger charge is -2.10. The molecule has 0 fully saturated rings. The average Bonchev–Trinajstić information content (AvgIpc) is 2.64. The van der Waals surface area contributed by atoms with Crippen molar-refractivity contribution < 1.29 is 19.1 Å². The van der Waals surface area contributed by atoms with Gasteiger partial charge in [-0.2, -0.15) is 0 Å². The first-order chi connectivity index (χ1) is 13.4. The van der Waals surface area contributed by atoms with Crippen LogP contribution in [0.1, 0.15) is 38.8 Å². The summed E-state index contributed by atoms with van der Waals surface area (Å²) in [6, 6.07) is 14.8. The molecule has 0 aliphatic rings. The fourth-order valence-electron chi connectivity index (χ4n) is 2.63. The van der Waals surface area contributed by atoms with Crippen LogP contribution in [0.5, 0.6) is 11.5 Å². The summed E-state index contributed by atoms with van der Waals surface area (Å²) < 4.78 is 11.4. The largest absolute Gasteiger partial charge is 0.491 e. The van der Waals surface area contributed by atoms with Crippen molar-refractivity contribution in [2.24, 2.45) is 0 Å². The summed E-state index contributed by atoms with van der Waals surface area (Å²) in [4.78, 5) is 23.3. The van der Waals surface area contributed by atoms with E-state index in [4.69, 9.17) is 9.47 Å². The molecule has 0 bridgehead atoms. The van der Waals surface area contributed by atoms with E-state index in [1.807, 2.05) is 76.2 Å². The molecule has 0 amide bonds. The zero-order chi connectivity index (χ0) is 20.5. The predicted octanol–water partition coefficient (Wildman–Crippen LogP) is 5.13. The van der Waals surface area contributed by atoms with Crippen LogP contribution in [0.2, 0.25) is 0 Å². The third-order valence-corrected chi connectivity index (χ3v) is 3.69. The molecule has 4 heteroatoms. The quantitative estimate of drug-likeness (QED) is 0.345. The molecular weight excluding hydrogens is 352 g/mol. The first kappa shape index (κ1) is 21.2. The molecule has 0 aromatic heterocycles. The SMILES string of the molecule is CC(C)Oc1cccc(C=C(C=O)C(C=O)=Cc2cccc(OC(C)C)c2)c1. The van der Waals surface area contributed by atoms with Gasteiger partial charge in [-0.1, -0.05) is 24.3 Å². The van der Waals surface area contributed by atoms with Crippen LogP contribution in [-0.4, -0.2) is 24.8 Å². The Bertz CT molecular complexity index is 802. The fraction of sp³-hybridized carbons (Fsp3) is 0.250. The zero-order valence-electron chi connectivity index (χ0n) is 16.7. The van der Waals surface area contributed by atoms with Crippen molar-refractivity contribution in [2.45, 2.75) is 39.9 Å². The van der Waals surface area contributed by atoms with Crippen molar-refractivity contribution in [3.63, 3.8) is 0 Å². The van der Waals surface area contributed by atoms with E-state index in [0.717, 1.165) is 11.1 Å². The molecular formula is C24H26O4. The molecule has 2 rings (SSSR count). The Morgan fingerprint density at radius 1 is 0.714 bits per heavy atom. The number of hydrogen-bond donors (Lipinski definition) is 0. The molecule has 2 aromatic carbocycles. The Labute approximate surface area is 166 Å². The van der Waals surface area contributed by atoms with E-state index in [-0.39, 0.29) is 12.2 Å². The number of carbonyl (C=O) groups excluding carboxylic acids is 2. The van der Waals surface area contributed by atoms with Crippen LogP contribution >= 0.6 is 0 Å². The molecule has 0 spiro atoms. The lowest BCUT2D eigenvalue weighted by Crippen LogP contribution is -2.05. The molecule has 146 valence electrons. The van der Waals surface area contributed by atoms with E-state index < -0.39 is 0 Å². The highest BCUT2D eigenvalue weighted by Gasteiger charge is 2.07. The topological polar surface area (TPSA) is 52.6 Å². The summed E-state index contributed by atoms with van der Waals surface area (Å²) in [7, 11) is 0. The highest BCUT2D eigenvalue weighted by atomic mass is 16.5. The van der Waals surface area contributed by atoms with Gasteiger partial charge in [0.2, 0.25) is 0 Å². The van der Waals surface area contributed by atoms with E-state index in [2.05, 4.69) is 0 Å². The summed E-state index contributed by atoms with van der Waals surface area (Å²) in [5, 5.41) is 0. The molecule has 0 N–H and O–H groups in total. The number of hydrogen-bond acceptors (Lipinski definition) is 4. The van der Waals surface area contributed by atoms with Crippen molar-refractivity contribution >= 4 is 24.7 Å². The van der Waals surface area contributed by atoms with E-state index in [0.29, 0.717) is 35.2 Å². The van der Waals surface area contributed by atoms with Crippen LogP contribution in [0.4, 0.5) is 0 Å². The minimum absolute atomic E-state index is 0.0514. The first-order valence-corrected chi connectivity index (χ1v) is 9.29. The van der Waals surface area contributed by atoms with E-state index in [9.17, 15) is 9.59 Å². The molecule has 0 atom stereocenters. The fourth-order valence-corrected chi connectivity index (χ4v) is 2.63. The summed E-state index contributed by atoms with van der Waals surface area (Å²) in [5.74, 6) is 1.42. The second-order valence-corrected chi connectivity index (χ2v) is 6.91. The van der Waals surface area contributed by atoms with E-state index in [1.165, 1.54) is 0 Å². The van der Waals surface area contributed by atoms with Crippen LogP contribution in [0.3, 0.4) is 0 Å². The maximum atomic E-state index is 11.7. The number of rotatable bonds is 9. The van der Waals surface area contributed by atoms with Gasteiger partial charge in [0.25, 0.3) is 0 Å². The summed E-state index contributed by atoms with van der Waals surface area (Å²) in [5.41, 5.74) is 2.16. The number of ether oxygens (including phenoxy) is 2. The van der Waals surface area contributed by atoms with Crippen molar-refractivity contribution in [1.29, 1.82) is 0 Å². The maximum Gasteiger partial charge on any atom is 0.150 e. The molecule has 0 aliphatic carbocycles. The third-order valence-electron chi connectivity index (χ3n) is 3.69. The van der Waals surface area contributed by atoms with Crippen molar-refractivity contribution in [3.8, 4) is 11.5 Å². The normalized spacial score (nSPS) is 12.2. The highest BCUT2D eigenvalue weighted by molar-refractivity contribution is 6.02. The van der Waals surface area contributed by atoms with Gasteiger partial charge >= 0.3 is 0 Å². The number of benzene rings is 2. The minimum Gasteiger partial charge on any atom is -0.491 e. The second-order valence-electron chi connectivity index (χ2n) is 6.91. The number of carbonyl (C=O) groups is 2. The van der Waals surface area contributed by atoms with Crippen LogP contribution in [0, 0.1) is 0 Å². The van der Waals surface area contributed by atoms with Gasteiger partial charge in [-0.25, -0.2) is 0 Å². The lowest BCUT2D eigenvalue weighted by molar-refractivity contribution is -0.107. The summed E-state index contributed by atoms with van der Waals surface area (Å²) in [6.07, 6.45) is 4.82. The number of allylic oxidation sites excluding steroid dienone is 2. The van der Waals surface area contributed by atoms with E-state index in [1.54, 1.807) is 12.2 Å². The van der Waals surface area contributed by atoms with Gasteiger partial charge in [-0.05, 0) is 75.2 Å². The van der Waals surface area contributed by atoms with Crippen LogP contribution < -0.4 is 9.47 Å². The van der Waals surface area contributed by atoms with Gasteiger partial charge < -0.3 is 9.47 Å². The molecule has 0 heterocycles. The van der Waals surface area contributed by atoms with E-state index >= 15 is 0 Å². The number of aldehydes is 2. The summed E-state index contributed by atoms with van der Waals surface area (Å²) >= 11 is 0. The van der Waals surface area contributed by atoms with Gasteiger partial charge in [0.05, 0.1) is 12.2 Å². The summed E-state index contributed by atoms with van der Waals surface area (Å²) in [6.45, 7) is 7.79. The van der Waals surface area contributed by atoms with Crippen molar-refractivity contribution in [1.82, 2.24) is 0 Å². The van der Waals surface area contributed by atoms with Gasteiger partial charge in [0, 0.05) is 11.1 Å². The molecule has 0 saturated carbocycles. The van der Waals surface area contributed by atoms with Crippen molar-refractivity contribution in [3.05, 3.63) is 70.8 Å². The van der Waals surface area contributed by atoms with Crippen LogP contribution in [0.15, 0.2) is 59.7 Å². The first-order valence-electron chi connectivity index (χ1n) is 9.29. The third kappa shape index (κ3) is 6.54. The molecule has 0 saturated heterocycles. The average molecular weight is 378 g/mol. The zero-order valence-corrected chi connectivity index (χ0v) is 16.7. The Morgan fingerprint density at radius 2 is 1.11 bits per heavy atom. The van der Waals surface area contributed by atoms with Crippen LogP contribution in [-0.2, 0) is 9.59 Å². The van der Waals surface area contributed by atoms with Gasteiger partial charge in [0.1, 0.15) is 11.5 Å². The Balaban J connectivity index is 2.35. The molecule has 0 aliphatic heterocycles. The highest BCUT2D eigenvalue weighted by Crippen LogP contribution is 2.21. The Hall–Kier alpha value is -3.14. The smallest absolute Gasteiger partial charge is 0.150 e. The predicted molar refractivity (Wildman–Crippen MR) is 112 cm³/mol.